The summed E-state index contributed by atoms with van der Waals surface area (Å²) >= 11 is 0. The van der Waals surface area contributed by atoms with Crippen LogP contribution in [0.5, 0.6) is 5.88 Å². The zero-order valence-electron chi connectivity index (χ0n) is 12.7. The molecule has 0 aliphatic heterocycles. The summed E-state index contributed by atoms with van der Waals surface area (Å²) in [6, 6.07) is 7.99. The van der Waals surface area contributed by atoms with Gasteiger partial charge >= 0.3 is 12.0 Å². The molecule has 4 N–H and O–H groups in total. The number of nitrogens with zero attached hydrogens (tertiary/aromatic N) is 1. The molecule has 0 saturated heterocycles. The Morgan fingerprint density at radius 2 is 2.04 bits per heavy atom. The molecule has 122 valence electrons. The van der Waals surface area contributed by atoms with Gasteiger partial charge in [-0.2, -0.15) is 0 Å². The predicted octanol–water partition coefficient (Wildman–Crippen LogP) is 1.20. The summed E-state index contributed by atoms with van der Waals surface area (Å²) < 4.78 is 5.04. The third-order valence-electron chi connectivity index (χ3n) is 3.18. The largest absolute Gasteiger partial charge is 0.481 e. The molecule has 0 fully saturated rings. The molecule has 8 nitrogen and oxygen atoms in total. The van der Waals surface area contributed by atoms with Gasteiger partial charge in [-0.25, -0.2) is 14.6 Å². The van der Waals surface area contributed by atoms with E-state index >= 15 is 0 Å². The van der Waals surface area contributed by atoms with Gasteiger partial charge in [-0.05, 0) is 31.2 Å². The highest BCUT2D eigenvalue weighted by Crippen LogP contribution is 2.20. The Balaban J connectivity index is 2.04. The fourth-order valence-corrected chi connectivity index (χ4v) is 1.80. The number of fused-ring (bicyclic) bond motifs is 1. The highest BCUT2D eigenvalue weighted by molar-refractivity contribution is 5.93. The predicted molar refractivity (Wildman–Crippen MR) is 83.6 cm³/mol. The molecule has 1 aromatic carbocycles. The minimum absolute atomic E-state index is 0.416. The van der Waals surface area contributed by atoms with Crippen molar-refractivity contribution in [3.8, 4) is 5.88 Å². The lowest BCUT2D eigenvalue weighted by Gasteiger charge is -2.18. The number of aromatic nitrogens is 1. The van der Waals surface area contributed by atoms with Crippen LogP contribution in [0.3, 0.4) is 0 Å². The average molecular weight is 319 g/mol. The number of hydrogen-bond donors (Lipinski definition) is 4. The summed E-state index contributed by atoms with van der Waals surface area (Å²) in [5.74, 6) is -0.921. The maximum atomic E-state index is 11.8. The number of pyridine rings is 1. The number of anilines is 1. The molecule has 1 aromatic heterocycles. The number of benzene rings is 1. The lowest BCUT2D eigenvalue weighted by Crippen LogP contribution is -2.47. The Bertz CT molecular complexity index is 745. The van der Waals surface area contributed by atoms with Gasteiger partial charge in [0.1, 0.15) is 0 Å². The van der Waals surface area contributed by atoms with Crippen LogP contribution in [0.2, 0.25) is 0 Å². The van der Waals surface area contributed by atoms with Crippen molar-refractivity contribution in [3.63, 3.8) is 0 Å². The van der Waals surface area contributed by atoms with Crippen molar-refractivity contribution in [1.29, 1.82) is 0 Å². The van der Waals surface area contributed by atoms with Crippen LogP contribution >= 0.6 is 0 Å². The number of ether oxygens (including phenoxy) is 1. The lowest BCUT2D eigenvalue weighted by molar-refractivity contribution is -0.155. The van der Waals surface area contributed by atoms with E-state index in [1.165, 1.54) is 7.11 Å². The first kappa shape index (κ1) is 16.5. The third-order valence-corrected chi connectivity index (χ3v) is 3.18. The van der Waals surface area contributed by atoms with E-state index in [-0.39, 0.29) is 0 Å². The van der Waals surface area contributed by atoms with E-state index in [1.54, 1.807) is 30.3 Å². The Kier molecular flexibility index (Phi) is 4.65. The monoisotopic (exact) mass is 319 g/mol. The van der Waals surface area contributed by atoms with Gasteiger partial charge in [0, 0.05) is 17.1 Å². The molecule has 0 aliphatic carbocycles. The molecule has 0 aliphatic rings. The molecule has 0 saturated carbocycles. The Labute approximate surface area is 132 Å². The number of aliphatic carboxylic acids is 1. The molecule has 2 aromatic rings. The second-order valence-corrected chi connectivity index (χ2v) is 5.15. The number of hydrogen-bond acceptors (Lipinski definition) is 5. The number of carbonyl (C=O) groups is 2. The van der Waals surface area contributed by atoms with Crippen molar-refractivity contribution >= 4 is 28.6 Å². The third kappa shape index (κ3) is 4.07. The van der Waals surface area contributed by atoms with Gasteiger partial charge in [0.05, 0.1) is 19.2 Å². The van der Waals surface area contributed by atoms with Gasteiger partial charge < -0.3 is 25.6 Å². The first-order valence-corrected chi connectivity index (χ1v) is 6.77. The van der Waals surface area contributed by atoms with Crippen molar-refractivity contribution in [2.45, 2.75) is 12.5 Å². The van der Waals surface area contributed by atoms with E-state index < -0.39 is 24.1 Å². The zero-order chi connectivity index (χ0) is 17.0. The fourth-order valence-electron chi connectivity index (χ4n) is 1.80. The molecular formula is C15H17N3O5. The van der Waals surface area contributed by atoms with Crippen LogP contribution < -0.4 is 15.4 Å². The first-order valence-electron chi connectivity index (χ1n) is 6.77. The lowest BCUT2D eigenvalue weighted by atomic mass is 10.1. The standard InChI is InChI=1S/C15H17N3O5/c1-15(22,13(19)20)8-16-14(21)17-10-4-5-11-9(7-10)3-6-12(18-11)23-2/h3-7,22H,8H2,1-2H3,(H,19,20)(H2,16,17,21). The quantitative estimate of drug-likeness (QED) is 0.657. The van der Waals surface area contributed by atoms with Gasteiger partial charge in [-0.3, -0.25) is 0 Å². The highest BCUT2D eigenvalue weighted by atomic mass is 16.5. The van der Waals surface area contributed by atoms with Crippen molar-refractivity contribution in [2.24, 2.45) is 0 Å². The molecule has 1 atom stereocenters. The molecule has 1 heterocycles. The number of aliphatic hydroxyl groups is 1. The van der Waals surface area contributed by atoms with Crippen LogP contribution in [0.1, 0.15) is 6.92 Å². The summed E-state index contributed by atoms with van der Waals surface area (Å²) in [6.07, 6.45) is 0. The maximum absolute atomic E-state index is 11.8. The minimum atomic E-state index is -2.03. The second-order valence-electron chi connectivity index (χ2n) is 5.15. The first-order chi connectivity index (χ1) is 10.8. The summed E-state index contributed by atoms with van der Waals surface area (Å²) in [5.41, 5.74) is -0.803. The van der Waals surface area contributed by atoms with Gasteiger partial charge in [-0.1, -0.05) is 0 Å². The molecule has 0 radical (unpaired) electrons. The molecule has 23 heavy (non-hydrogen) atoms. The molecule has 1 unspecified atom stereocenters. The molecule has 8 heteroatoms. The smallest absolute Gasteiger partial charge is 0.337 e. The maximum Gasteiger partial charge on any atom is 0.337 e. The highest BCUT2D eigenvalue weighted by Gasteiger charge is 2.30. The normalized spacial score (nSPS) is 13.2. The van der Waals surface area contributed by atoms with Crippen LogP contribution in [0.4, 0.5) is 10.5 Å². The second kappa shape index (κ2) is 6.49. The Morgan fingerprint density at radius 1 is 1.30 bits per heavy atom. The van der Waals surface area contributed by atoms with E-state index in [4.69, 9.17) is 9.84 Å². The van der Waals surface area contributed by atoms with Crippen molar-refractivity contribution in [1.82, 2.24) is 10.3 Å². The van der Waals surface area contributed by atoms with Crippen LogP contribution in [-0.4, -0.2) is 46.5 Å². The van der Waals surface area contributed by atoms with Crippen LogP contribution in [0.15, 0.2) is 30.3 Å². The SMILES string of the molecule is COc1ccc2cc(NC(=O)NCC(C)(O)C(=O)O)ccc2n1. The number of rotatable bonds is 5. The minimum Gasteiger partial charge on any atom is -0.481 e. The van der Waals surface area contributed by atoms with E-state index in [2.05, 4.69) is 15.6 Å². The fraction of sp³-hybridized carbons (Fsp3) is 0.267. The zero-order valence-corrected chi connectivity index (χ0v) is 12.7. The Hall–Kier alpha value is -2.87. The number of methoxy groups -OCH3 is 1. The van der Waals surface area contributed by atoms with Gasteiger partial charge in [0.15, 0.2) is 5.60 Å². The summed E-state index contributed by atoms with van der Waals surface area (Å²) in [7, 11) is 1.53. The van der Waals surface area contributed by atoms with E-state index in [9.17, 15) is 14.7 Å². The van der Waals surface area contributed by atoms with Crippen LogP contribution in [0, 0.1) is 0 Å². The van der Waals surface area contributed by atoms with Crippen molar-refractivity contribution in [3.05, 3.63) is 30.3 Å². The summed E-state index contributed by atoms with van der Waals surface area (Å²) in [6.45, 7) is 0.686. The number of carbonyl (C=O) groups excluding carboxylic acids is 1. The molecule has 0 spiro atoms. The van der Waals surface area contributed by atoms with Crippen molar-refractivity contribution in [2.75, 3.05) is 19.0 Å². The number of nitrogens with one attached hydrogen (secondary N) is 2. The van der Waals surface area contributed by atoms with Gasteiger partial charge in [-0.15, -0.1) is 0 Å². The van der Waals surface area contributed by atoms with Gasteiger partial charge in [0.25, 0.3) is 0 Å². The number of carboxylic acids is 1. The van der Waals surface area contributed by atoms with Gasteiger partial charge in [0.2, 0.25) is 5.88 Å². The molecule has 2 amide bonds. The number of carboxylic acid groups (broad SMARTS) is 1. The van der Waals surface area contributed by atoms with E-state index in [0.717, 1.165) is 12.3 Å². The molecule has 0 bridgehead atoms. The van der Waals surface area contributed by atoms with Crippen molar-refractivity contribution < 1.29 is 24.5 Å². The topological polar surface area (TPSA) is 121 Å². The van der Waals surface area contributed by atoms with Crippen LogP contribution in [0.25, 0.3) is 10.9 Å². The average Bonchev–Trinajstić information content (AvgIpc) is 2.52. The number of amides is 2. The number of urea groups is 1. The summed E-state index contributed by atoms with van der Waals surface area (Å²) in [5, 5.41) is 24.0. The van der Waals surface area contributed by atoms with E-state index in [1.807, 2.05) is 0 Å². The molecule has 2 rings (SSSR count). The Morgan fingerprint density at radius 3 is 2.70 bits per heavy atom. The van der Waals surface area contributed by atoms with Crippen LogP contribution in [-0.2, 0) is 4.79 Å². The van der Waals surface area contributed by atoms with E-state index in [0.29, 0.717) is 17.1 Å². The summed E-state index contributed by atoms with van der Waals surface area (Å²) in [4.78, 5) is 26.8. The molecular weight excluding hydrogens is 302 g/mol.